The highest BCUT2D eigenvalue weighted by Gasteiger charge is 2.32. The van der Waals surface area contributed by atoms with Crippen LogP contribution in [0.5, 0.6) is 5.88 Å². The molecule has 4 rings (SSSR count). The Morgan fingerprint density at radius 3 is 2.66 bits per heavy atom. The monoisotopic (exact) mass is 532 g/mol. The number of carbonyl (C=O) groups excluding carboxylic acids is 2. The number of methoxy groups -OCH3 is 1. The lowest BCUT2D eigenvalue weighted by atomic mass is 10.0. The third-order valence-corrected chi connectivity index (χ3v) is 5.76. The molecular weight excluding hydrogens is 506 g/mol. The van der Waals surface area contributed by atoms with E-state index in [0.717, 1.165) is 0 Å². The second-order valence-electron chi connectivity index (χ2n) is 8.13. The highest BCUT2D eigenvalue weighted by atomic mass is 19.4. The largest absolute Gasteiger partial charge is 0.480 e. The second-order valence-corrected chi connectivity index (χ2v) is 8.13. The van der Waals surface area contributed by atoms with Gasteiger partial charge in [-0.15, -0.1) is 0 Å². The van der Waals surface area contributed by atoms with Crippen molar-refractivity contribution >= 4 is 22.7 Å². The van der Waals surface area contributed by atoms with Gasteiger partial charge in [-0.25, -0.2) is 9.37 Å². The number of rotatable bonds is 7. The molecule has 12 heteroatoms. The molecule has 0 radical (unpaired) electrons. The number of fused-ring (bicyclic) bond motifs is 1. The number of hydrogen-bond donors (Lipinski definition) is 2. The number of aryl methyl sites for hydroxylation is 1. The molecule has 1 unspecified atom stereocenters. The molecule has 0 fully saturated rings. The van der Waals surface area contributed by atoms with E-state index in [9.17, 15) is 27.2 Å². The fraction of sp³-hybridized carbons (Fsp3) is 0.231. The third kappa shape index (κ3) is 5.01. The first kappa shape index (κ1) is 22.7. The topological polar surface area (TPSA) is 112 Å². The van der Waals surface area contributed by atoms with Gasteiger partial charge in [-0.2, -0.15) is 18.3 Å². The molecule has 0 aliphatic carbocycles. The van der Waals surface area contributed by atoms with Crippen LogP contribution in [0.4, 0.5) is 17.6 Å². The SMILES string of the molecule is [2H]COc1ncc(-c2ccc3c(C(N)=O)nn(C([2H])C)c3c2)cc1C(=O)N[C@H](C[2H])c1cc(C(F)(F)F)ccc1F. The van der Waals surface area contributed by atoms with Crippen LogP contribution in [0.1, 0.15) is 56.0 Å². The van der Waals surface area contributed by atoms with E-state index in [1.807, 2.05) is 0 Å². The van der Waals surface area contributed by atoms with Gasteiger partial charge >= 0.3 is 6.18 Å². The van der Waals surface area contributed by atoms with Gasteiger partial charge in [-0.1, -0.05) is 6.07 Å². The standard InChI is InChI=1S/C26H23F4N5O3/c1-4-35-21-10-14(5-7-17(21)22(34-35)23(31)36)15-9-19(25(38-3)32-12-15)24(37)33-13(2)18-11-16(26(28,29)30)6-8-20(18)27/h5-13H,4H2,1-3H3,(H2,31,36)(H,33,37)/t13-/m1/s1/i2D,3D,4D/t4?,13-. The first-order valence-electron chi connectivity index (χ1n) is 13.0. The van der Waals surface area contributed by atoms with Gasteiger partial charge in [0.2, 0.25) is 5.88 Å². The summed E-state index contributed by atoms with van der Waals surface area (Å²) in [5.74, 6) is -3.01. The zero-order valence-electron chi connectivity index (χ0n) is 22.8. The molecular formula is C26H23F4N5O3. The molecule has 2 aromatic heterocycles. The average Bonchev–Trinajstić information content (AvgIpc) is 3.31. The van der Waals surface area contributed by atoms with Gasteiger partial charge < -0.3 is 15.8 Å². The molecule has 2 heterocycles. The number of halogens is 4. The normalized spacial score (nSPS) is 14.3. The predicted molar refractivity (Wildman–Crippen MR) is 131 cm³/mol. The molecule has 0 aliphatic rings. The number of ether oxygens (including phenoxy) is 1. The van der Waals surface area contributed by atoms with Gasteiger partial charge in [0.05, 0.1) is 26.9 Å². The Bertz CT molecular complexity index is 1630. The van der Waals surface area contributed by atoms with Crippen LogP contribution in [-0.2, 0) is 12.7 Å². The van der Waals surface area contributed by atoms with Crippen molar-refractivity contribution < 1.29 is 36.0 Å². The highest BCUT2D eigenvalue weighted by Crippen LogP contribution is 2.33. The van der Waals surface area contributed by atoms with Crippen molar-refractivity contribution in [3.05, 3.63) is 76.9 Å². The number of hydrogen-bond acceptors (Lipinski definition) is 5. The number of benzene rings is 2. The second kappa shape index (κ2) is 10.1. The summed E-state index contributed by atoms with van der Waals surface area (Å²) in [6, 6.07) is 6.38. The van der Waals surface area contributed by atoms with Crippen LogP contribution in [0.3, 0.4) is 0 Å². The van der Waals surface area contributed by atoms with Crippen LogP contribution in [0.15, 0.2) is 48.7 Å². The van der Waals surface area contributed by atoms with Crippen LogP contribution in [-0.4, -0.2) is 33.7 Å². The van der Waals surface area contributed by atoms with Crippen LogP contribution in [0.25, 0.3) is 22.0 Å². The van der Waals surface area contributed by atoms with Gasteiger partial charge in [-0.3, -0.25) is 14.3 Å². The Morgan fingerprint density at radius 1 is 1.21 bits per heavy atom. The van der Waals surface area contributed by atoms with Gasteiger partial charge in [0.25, 0.3) is 11.8 Å². The van der Waals surface area contributed by atoms with Gasteiger partial charge in [0.15, 0.2) is 5.69 Å². The summed E-state index contributed by atoms with van der Waals surface area (Å²) in [6.07, 6.45) is -3.42. The number of primary amides is 1. The summed E-state index contributed by atoms with van der Waals surface area (Å²) in [4.78, 5) is 29.2. The van der Waals surface area contributed by atoms with E-state index in [1.54, 1.807) is 18.2 Å². The Morgan fingerprint density at radius 2 is 2.00 bits per heavy atom. The fourth-order valence-electron chi connectivity index (χ4n) is 3.88. The molecule has 0 aliphatic heterocycles. The summed E-state index contributed by atoms with van der Waals surface area (Å²) in [5, 5.41) is 6.89. The molecule has 4 aromatic rings. The third-order valence-electron chi connectivity index (χ3n) is 5.76. The Labute approximate surface area is 218 Å². The van der Waals surface area contributed by atoms with E-state index in [-0.39, 0.29) is 17.1 Å². The van der Waals surface area contributed by atoms with E-state index >= 15 is 0 Å². The van der Waals surface area contributed by atoms with Crippen LogP contribution >= 0.6 is 0 Å². The molecule has 198 valence electrons. The zero-order chi connectivity index (χ0) is 30.1. The van der Waals surface area contributed by atoms with Crippen LogP contribution in [0.2, 0.25) is 0 Å². The van der Waals surface area contributed by atoms with Crippen molar-refractivity contribution in [3.8, 4) is 17.0 Å². The Balaban J connectivity index is 1.75. The Kier molecular flexibility index (Phi) is 6.04. The van der Waals surface area contributed by atoms with Crippen LogP contribution < -0.4 is 15.8 Å². The maximum Gasteiger partial charge on any atom is 0.416 e. The van der Waals surface area contributed by atoms with Crippen molar-refractivity contribution in [1.82, 2.24) is 20.1 Å². The summed E-state index contributed by atoms with van der Waals surface area (Å²) in [5.41, 5.74) is 4.76. The lowest BCUT2D eigenvalue weighted by Crippen LogP contribution is -2.28. The zero-order valence-corrected chi connectivity index (χ0v) is 19.8. The summed E-state index contributed by atoms with van der Waals surface area (Å²) >= 11 is 0. The lowest BCUT2D eigenvalue weighted by Gasteiger charge is -2.18. The van der Waals surface area contributed by atoms with E-state index in [1.165, 1.54) is 23.9 Å². The smallest absolute Gasteiger partial charge is 0.416 e. The van der Waals surface area contributed by atoms with E-state index in [0.29, 0.717) is 40.2 Å². The first-order chi connectivity index (χ1) is 19.3. The maximum atomic E-state index is 14.5. The maximum absolute atomic E-state index is 14.5. The molecule has 0 bridgehead atoms. The summed E-state index contributed by atoms with van der Waals surface area (Å²) in [7, 11) is -0.612. The molecule has 2 amide bonds. The number of aromatic nitrogens is 3. The van der Waals surface area contributed by atoms with Crippen molar-refractivity contribution in [1.29, 1.82) is 0 Å². The van der Waals surface area contributed by atoms with Crippen LogP contribution in [0, 0.1) is 5.82 Å². The Hall–Kier alpha value is -4.48. The number of nitrogens with zero attached hydrogens (tertiary/aromatic N) is 3. The minimum atomic E-state index is -4.77. The van der Waals surface area contributed by atoms with Gasteiger partial charge in [-0.05, 0) is 55.8 Å². The van der Waals surface area contributed by atoms with E-state index < -0.39 is 61.5 Å². The van der Waals surface area contributed by atoms with Gasteiger partial charge in [0.1, 0.15) is 11.4 Å². The minimum Gasteiger partial charge on any atom is -0.480 e. The van der Waals surface area contributed by atoms with Crippen molar-refractivity contribution in [3.63, 3.8) is 0 Å². The molecule has 3 N–H and O–H groups in total. The first-order valence-corrected chi connectivity index (χ1v) is 11.0. The average molecular weight is 533 g/mol. The number of nitrogens with one attached hydrogen (secondary N) is 1. The number of nitrogens with two attached hydrogens (primary N) is 1. The lowest BCUT2D eigenvalue weighted by molar-refractivity contribution is -0.137. The molecule has 2 aromatic carbocycles. The number of alkyl halides is 3. The number of pyridine rings is 1. The predicted octanol–water partition coefficient (Wildman–Crippen LogP) is 4.87. The molecule has 38 heavy (non-hydrogen) atoms. The molecule has 2 atom stereocenters. The molecule has 8 nitrogen and oxygen atoms in total. The molecule has 0 saturated heterocycles. The van der Waals surface area contributed by atoms with E-state index in [4.69, 9.17) is 14.6 Å². The number of amides is 2. The molecule has 0 spiro atoms. The minimum absolute atomic E-state index is 0.0219. The van der Waals surface area contributed by atoms with Crippen molar-refractivity contribution in [2.75, 3.05) is 7.09 Å². The van der Waals surface area contributed by atoms with Gasteiger partial charge in [0, 0.05) is 30.6 Å². The molecule has 0 saturated carbocycles. The number of carbonyl (C=O) groups is 2. The fourth-order valence-corrected chi connectivity index (χ4v) is 3.88. The quantitative estimate of drug-likeness (QED) is 0.330. The van der Waals surface area contributed by atoms with Crippen molar-refractivity contribution in [2.45, 2.75) is 32.6 Å². The van der Waals surface area contributed by atoms with E-state index in [2.05, 4.69) is 15.4 Å². The van der Waals surface area contributed by atoms with Crippen molar-refractivity contribution in [2.24, 2.45) is 5.73 Å². The highest BCUT2D eigenvalue weighted by molar-refractivity contribution is 6.05. The summed E-state index contributed by atoms with van der Waals surface area (Å²) < 4.78 is 83.7. The summed E-state index contributed by atoms with van der Waals surface area (Å²) in [6.45, 7) is -0.0114.